The highest BCUT2D eigenvalue weighted by Gasteiger charge is 2.28. The highest BCUT2D eigenvalue weighted by Crippen LogP contribution is 2.36. The third-order valence-electron chi connectivity index (χ3n) is 4.79. The zero-order valence-electron chi connectivity index (χ0n) is 17.3. The number of sulfonamides is 1. The highest BCUT2D eigenvalue weighted by molar-refractivity contribution is 7.93. The first-order chi connectivity index (χ1) is 14.9. The molecule has 31 heavy (non-hydrogen) atoms. The van der Waals surface area contributed by atoms with Crippen LogP contribution in [0.2, 0.25) is 0 Å². The third kappa shape index (κ3) is 4.06. The van der Waals surface area contributed by atoms with Crippen molar-refractivity contribution in [2.24, 2.45) is 0 Å². The number of thiophene rings is 1. The molecule has 0 aliphatic carbocycles. The number of aromatic nitrogens is 2. The molecule has 2 heterocycles. The van der Waals surface area contributed by atoms with Crippen molar-refractivity contribution < 1.29 is 17.7 Å². The number of aryl methyl sites for hydroxylation is 1. The SMILES string of the molecule is CCOc1ccc(N(C)S(=O)(=O)c2ccsc2-c2nc(-c3ccccc3C)no2)cc1. The number of nitrogens with zero attached hydrogens (tertiary/aromatic N) is 3. The van der Waals surface area contributed by atoms with Crippen LogP contribution in [0.1, 0.15) is 12.5 Å². The molecule has 4 aromatic rings. The fraction of sp³-hybridized carbons (Fsp3) is 0.182. The van der Waals surface area contributed by atoms with E-state index in [9.17, 15) is 8.42 Å². The minimum Gasteiger partial charge on any atom is -0.494 e. The molecular weight excluding hydrogens is 434 g/mol. The molecule has 0 saturated carbocycles. The Labute approximate surface area is 185 Å². The predicted molar refractivity (Wildman–Crippen MR) is 121 cm³/mol. The van der Waals surface area contributed by atoms with E-state index in [1.165, 1.54) is 22.7 Å². The summed E-state index contributed by atoms with van der Waals surface area (Å²) < 4.78 is 38.8. The molecule has 0 atom stereocenters. The first-order valence-electron chi connectivity index (χ1n) is 9.61. The van der Waals surface area contributed by atoms with E-state index < -0.39 is 10.0 Å². The zero-order valence-corrected chi connectivity index (χ0v) is 18.9. The quantitative estimate of drug-likeness (QED) is 0.390. The van der Waals surface area contributed by atoms with E-state index >= 15 is 0 Å². The third-order valence-corrected chi connectivity index (χ3v) is 7.64. The Hall–Kier alpha value is -3.17. The largest absolute Gasteiger partial charge is 0.494 e. The summed E-state index contributed by atoms with van der Waals surface area (Å²) in [5.74, 6) is 1.28. The van der Waals surface area contributed by atoms with Crippen molar-refractivity contribution in [1.29, 1.82) is 0 Å². The number of ether oxygens (including phenoxy) is 1. The minimum absolute atomic E-state index is 0.119. The summed E-state index contributed by atoms with van der Waals surface area (Å²) in [5.41, 5.74) is 2.36. The average Bonchev–Trinajstić information content (AvgIpc) is 3.44. The molecule has 0 spiro atoms. The Morgan fingerprint density at radius 2 is 1.84 bits per heavy atom. The molecule has 160 valence electrons. The smallest absolute Gasteiger partial charge is 0.269 e. The molecule has 0 aliphatic heterocycles. The van der Waals surface area contributed by atoms with Gasteiger partial charge in [0.05, 0.1) is 12.3 Å². The van der Waals surface area contributed by atoms with Crippen LogP contribution in [0.3, 0.4) is 0 Å². The standard InChI is InChI=1S/C22H21N3O4S2/c1-4-28-17-11-9-16(10-12-17)25(3)31(26,27)19-13-14-30-20(19)22-23-21(24-29-22)18-8-6-5-7-15(18)2/h5-14H,4H2,1-3H3. The first kappa shape index (κ1) is 21.1. The van der Waals surface area contributed by atoms with Gasteiger partial charge in [-0.1, -0.05) is 29.4 Å². The lowest BCUT2D eigenvalue weighted by atomic mass is 10.1. The van der Waals surface area contributed by atoms with Crippen LogP contribution in [0.15, 0.2) is 69.4 Å². The van der Waals surface area contributed by atoms with E-state index in [1.807, 2.05) is 38.1 Å². The Balaban J connectivity index is 1.67. The Bertz CT molecular complexity index is 1290. The van der Waals surface area contributed by atoms with Crippen molar-refractivity contribution in [1.82, 2.24) is 10.1 Å². The lowest BCUT2D eigenvalue weighted by Gasteiger charge is -2.19. The lowest BCUT2D eigenvalue weighted by molar-refractivity contribution is 0.340. The normalized spacial score (nSPS) is 11.5. The van der Waals surface area contributed by atoms with Crippen molar-refractivity contribution in [3.8, 4) is 27.9 Å². The molecule has 2 aromatic carbocycles. The molecule has 2 aromatic heterocycles. The summed E-state index contributed by atoms with van der Waals surface area (Å²) >= 11 is 1.24. The summed E-state index contributed by atoms with van der Waals surface area (Å²) in [6.45, 7) is 4.39. The van der Waals surface area contributed by atoms with Gasteiger partial charge in [-0.2, -0.15) is 4.98 Å². The summed E-state index contributed by atoms with van der Waals surface area (Å²) in [4.78, 5) is 4.98. The van der Waals surface area contributed by atoms with Gasteiger partial charge in [0.25, 0.3) is 15.9 Å². The van der Waals surface area contributed by atoms with Gasteiger partial charge in [0.2, 0.25) is 5.82 Å². The molecule has 4 rings (SSSR count). The van der Waals surface area contributed by atoms with Gasteiger partial charge in [0, 0.05) is 12.6 Å². The summed E-state index contributed by atoms with van der Waals surface area (Å²) in [6, 6.07) is 16.1. The fourth-order valence-corrected chi connectivity index (χ4v) is 5.62. The van der Waals surface area contributed by atoms with Crippen LogP contribution in [-0.4, -0.2) is 32.2 Å². The fourth-order valence-electron chi connectivity index (χ4n) is 3.11. The van der Waals surface area contributed by atoms with Gasteiger partial charge in [-0.25, -0.2) is 8.42 Å². The Kier molecular flexibility index (Phi) is 5.79. The number of rotatable bonds is 7. The lowest BCUT2D eigenvalue weighted by Crippen LogP contribution is -2.26. The van der Waals surface area contributed by atoms with Gasteiger partial charge < -0.3 is 9.26 Å². The molecule has 0 bridgehead atoms. The van der Waals surface area contributed by atoms with Crippen LogP contribution in [-0.2, 0) is 10.0 Å². The van der Waals surface area contributed by atoms with Crippen molar-refractivity contribution in [3.63, 3.8) is 0 Å². The topological polar surface area (TPSA) is 85.5 Å². The molecule has 0 fully saturated rings. The van der Waals surface area contributed by atoms with Gasteiger partial charge in [-0.15, -0.1) is 11.3 Å². The van der Waals surface area contributed by atoms with E-state index in [4.69, 9.17) is 9.26 Å². The monoisotopic (exact) mass is 455 g/mol. The number of anilines is 1. The second kappa shape index (κ2) is 8.52. The van der Waals surface area contributed by atoms with Gasteiger partial charge >= 0.3 is 0 Å². The van der Waals surface area contributed by atoms with Gasteiger partial charge in [0.1, 0.15) is 15.5 Å². The van der Waals surface area contributed by atoms with E-state index in [0.29, 0.717) is 28.7 Å². The second-order valence-corrected chi connectivity index (χ2v) is 9.61. The molecule has 0 amide bonds. The van der Waals surface area contributed by atoms with Crippen LogP contribution in [0.4, 0.5) is 5.69 Å². The predicted octanol–water partition coefficient (Wildman–Crippen LogP) is 5.00. The van der Waals surface area contributed by atoms with Crippen LogP contribution in [0.25, 0.3) is 22.2 Å². The molecule has 9 heteroatoms. The van der Waals surface area contributed by atoms with Crippen molar-refractivity contribution in [2.75, 3.05) is 18.0 Å². The first-order valence-corrected chi connectivity index (χ1v) is 11.9. The van der Waals surface area contributed by atoms with Crippen molar-refractivity contribution in [3.05, 3.63) is 65.5 Å². The molecule has 0 radical (unpaired) electrons. The Morgan fingerprint density at radius 1 is 1.10 bits per heavy atom. The molecule has 0 aliphatic rings. The molecule has 0 N–H and O–H groups in total. The van der Waals surface area contributed by atoms with Gasteiger partial charge in [-0.05, 0) is 55.1 Å². The maximum Gasteiger partial charge on any atom is 0.269 e. The van der Waals surface area contributed by atoms with E-state index in [0.717, 1.165) is 11.1 Å². The van der Waals surface area contributed by atoms with Crippen molar-refractivity contribution >= 4 is 27.0 Å². The summed E-state index contributed by atoms with van der Waals surface area (Å²) in [7, 11) is -2.33. The zero-order chi connectivity index (χ0) is 22.0. The number of benzene rings is 2. The Morgan fingerprint density at radius 3 is 2.55 bits per heavy atom. The van der Waals surface area contributed by atoms with Crippen LogP contribution >= 0.6 is 11.3 Å². The second-order valence-electron chi connectivity index (χ2n) is 6.75. The summed E-state index contributed by atoms with van der Waals surface area (Å²) in [6.07, 6.45) is 0. The molecule has 7 nitrogen and oxygen atoms in total. The number of hydrogen-bond donors (Lipinski definition) is 0. The van der Waals surface area contributed by atoms with E-state index in [-0.39, 0.29) is 10.8 Å². The minimum atomic E-state index is -3.84. The highest BCUT2D eigenvalue weighted by atomic mass is 32.2. The van der Waals surface area contributed by atoms with E-state index in [1.54, 1.807) is 35.7 Å². The number of hydrogen-bond acceptors (Lipinski definition) is 7. The van der Waals surface area contributed by atoms with Crippen LogP contribution < -0.4 is 9.04 Å². The average molecular weight is 456 g/mol. The molecule has 0 unspecified atom stereocenters. The van der Waals surface area contributed by atoms with Gasteiger partial charge in [0.15, 0.2) is 0 Å². The van der Waals surface area contributed by atoms with Gasteiger partial charge in [-0.3, -0.25) is 4.31 Å². The van der Waals surface area contributed by atoms with Crippen LogP contribution in [0, 0.1) is 6.92 Å². The van der Waals surface area contributed by atoms with Crippen LogP contribution in [0.5, 0.6) is 5.75 Å². The molecule has 0 saturated heterocycles. The van der Waals surface area contributed by atoms with E-state index in [2.05, 4.69) is 10.1 Å². The summed E-state index contributed by atoms with van der Waals surface area (Å²) in [5, 5.41) is 5.76. The maximum atomic E-state index is 13.3. The van der Waals surface area contributed by atoms with Crippen molar-refractivity contribution in [2.45, 2.75) is 18.7 Å². The maximum absolute atomic E-state index is 13.3. The molecular formula is C22H21N3O4S2.